The number of fused-ring (bicyclic) bond motifs is 1. The van der Waals surface area contributed by atoms with Gasteiger partial charge in [0.25, 0.3) is 5.56 Å². The van der Waals surface area contributed by atoms with Gasteiger partial charge >= 0.3 is 0 Å². The summed E-state index contributed by atoms with van der Waals surface area (Å²) in [6.07, 6.45) is 6.85. The van der Waals surface area contributed by atoms with Crippen molar-refractivity contribution in [3.63, 3.8) is 0 Å². The lowest BCUT2D eigenvalue weighted by Gasteiger charge is -2.14. The molecule has 0 aromatic carbocycles. The molecule has 1 aromatic rings. The largest absolute Gasteiger partial charge is 0.310 e. The molecule has 0 bridgehead atoms. The van der Waals surface area contributed by atoms with Gasteiger partial charge in [0.1, 0.15) is 5.82 Å². The minimum atomic E-state index is 0.0814. The number of rotatable bonds is 4. The van der Waals surface area contributed by atoms with E-state index in [1.54, 1.807) is 0 Å². The van der Waals surface area contributed by atoms with E-state index in [1.165, 1.54) is 19.3 Å². The molecular formula is C13H19N3O. The molecule has 1 fully saturated rings. The molecule has 2 N–H and O–H groups in total. The van der Waals surface area contributed by atoms with Gasteiger partial charge in [-0.05, 0) is 51.0 Å². The maximum atomic E-state index is 11.9. The van der Waals surface area contributed by atoms with Gasteiger partial charge in [0.2, 0.25) is 0 Å². The van der Waals surface area contributed by atoms with Crippen molar-refractivity contribution in [1.29, 1.82) is 0 Å². The monoisotopic (exact) mass is 233 g/mol. The highest BCUT2D eigenvalue weighted by Gasteiger charge is 2.20. The van der Waals surface area contributed by atoms with Crippen molar-refractivity contribution in [2.75, 3.05) is 6.54 Å². The lowest BCUT2D eigenvalue weighted by Crippen LogP contribution is -2.26. The van der Waals surface area contributed by atoms with Crippen molar-refractivity contribution in [2.45, 2.75) is 45.1 Å². The Morgan fingerprint density at radius 3 is 2.94 bits per heavy atom. The molecule has 0 radical (unpaired) electrons. The first-order chi connectivity index (χ1) is 8.33. The minimum absolute atomic E-state index is 0.0814. The van der Waals surface area contributed by atoms with Gasteiger partial charge in [-0.3, -0.25) is 4.79 Å². The molecule has 0 unspecified atom stereocenters. The zero-order valence-electron chi connectivity index (χ0n) is 10.1. The topological polar surface area (TPSA) is 57.8 Å². The van der Waals surface area contributed by atoms with Gasteiger partial charge in [-0.25, -0.2) is 4.98 Å². The Bertz CT molecular complexity index is 462. The highest BCUT2D eigenvalue weighted by atomic mass is 16.1. The van der Waals surface area contributed by atoms with Crippen LogP contribution >= 0.6 is 0 Å². The smallest absolute Gasteiger partial charge is 0.254 e. The first kappa shape index (κ1) is 11.0. The Morgan fingerprint density at radius 2 is 2.12 bits per heavy atom. The molecule has 1 aromatic heterocycles. The number of aromatic amines is 1. The third kappa shape index (κ3) is 2.57. The van der Waals surface area contributed by atoms with Crippen LogP contribution < -0.4 is 10.9 Å². The number of aryl methyl sites for hydroxylation is 1. The third-order valence-corrected chi connectivity index (χ3v) is 3.66. The second kappa shape index (κ2) is 4.61. The number of H-pyrrole nitrogens is 1. The van der Waals surface area contributed by atoms with Crippen LogP contribution in [0.5, 0.6) is 0 Å². The van der Waals surface area contributed by atoms with E-state index in [-0.39, 0.29) is 5.56 Å². The van der Waals surface area contributed by atoms with E-state index in [0.717, 1.165) is 48.8 Å². The summed E-state index contributed by atoms with van der Waals surface area (Å²) >= 11 is 0. The molecule has 1 saturated carbocycles. The molecule has 0 atom stereocenters. The summed E-state index contributed by atoms with van der Waals surface area (Å²) in [6, 6.07) is 0. The SMILES string of the molecule is O=c1[nH]c(CNCC2CC2)nc2c1CCCC2. The fourth-order valence-electron chi connectivity index (χ4n) is 2.46. The van der Waals surface area contributed by atoms with Gasteiger partial charge in [0.15, 0.2) is 0 Å². The summed E-state index contributed by atoms with van der Waals surface area (Å²) in [4.78, 5) is 19.3. The lowest BCUT2D eigenvalue weighted by molar-refractivity contribution is 0.599. The second-order valence-corrected chi connectivity index (χ2v) is 5.22. The molecule has 2 aliphatic carbocycles. The van der Waals surface area contributed by atoms with Crippen LogP contribution in [-0.2, 0) is 19.4 Å². The Hall–Kier alpha value is -1.16. The fourth-order valence-corrected chi connectivity index (χ4v) is 2.46. The molecule has 3 rings (SSSR count). The average Bonchev–Trinajstić information content (AvgIpc) is 3.13. The van der Waals surface area contributed by atoms with E-state index in [4.69, 9.17) is 0 Å². The molecule has 92 valence electrons. The van der Waals surface area contributed by atoms with Gasteiger partial charge in [-0.2, -0.15) is 0 Å². The summed E-state index contributed by atoms with van der Waals surface area (Å²) in [5.74, 6) is 1.66. The van der Waals surface area contributed by atoms with Crippen LogP contribution in [0.4, 0.5) is 0 Å². The van der Waals surface area contributed by atoms with E-state index >= 15 is 0 Å². The van der Waals surface area contributed by atoms with Crippen LogP contribution in [0, 0.1) is 5.92 Å². The zero-order chi connectivity index (χ0) is 11.7. The number of nitrogens with zero attached hydrogens (tertiary/aromatic N) is 1. The fraction of sp³-hybridized carbons (Fsp3) is 0.692. The van der Waals surface area contributed by atoms with Crippen molar-refractivity contribution < 1.29 is 0 Å². The average molecular weight is 233 g/mol. The Kier molecular flexibility index (Phi) is 2.97. The molecule has 0 spiro atoms. The molecule has 2 aliphatic rings. The first-order valence-corrected chi connectivity index (χ1v) is 6.64. The molecular weight excluding hydrogens is 214 g/mol. The number of hydrogen-bond acceptors (Lipinski definition) is 3. The number of aromatic nitrogens is 2. The van der Waals surface area contributed by atoms with E-state index in [9.17, 15) is 4.79 Å². The van der Waals surface area contributed by atoms with Crippen LogP contribution in [0.1, 0.15) is 42.8 Å². The first-order valence-electron chi connectivity index (χ1n) is 6.64. The third-order valence-electron chi connectivity index (χ3n) is 3.66. The van der Waals surface area contributed by atoms with Gasteiger partial charge in [0, 0.05) is 5.56 Å². The molecule has 0 amide bonds. The highest BCUT2D eigenvalue weighted by molar-refractivity contribution is 5.20. The molecule has 1 heterocycles. The van der Waals surface area contributed by atoms with Gasteiger partial charge < -0.3 is 10.3 Å². The van der Waals surface area contributed by atoms with Crippen molar-refractivity contribution in [3.8, 4) is 0 Å². The summed E-state index contributed by atoms with van der Waals surface area (Å²) in [5, 5.41) is 3.37. The minimum Gasteiger partial charge on any atom is -0.310 e. The van der Waals surface area contributed by atoms with Crippen molar-refractivity contribution in [3.05, 3.63) is 27.4 Å². The van der Waals surface area contributed by atoms with Crippen molar-refractivity contribution in [1.82, 2.24) is 15.3 Å². The predicted octanol–water partition coefficient (Wildman–Crippen LogP) is 1.15. The van der Waals surface area contributed by atoms with E-state index in [1.807, 2.05) is 0 Å². The second-order valence-electron chi connectivity index (χ2n) is 5.22. The lowest BCUT2D eigenvalue weighted by atomic mass is 9.97. The molecule has 0 saturated heterocycles. The maximum Gasteiger partial charge on any atom is 0.254 e. The van der Waals surface area contributed by atoms with Crippen LogP contribution in [-0.4, -0.2) is 16.5 Å². The summed E-state index contributed by atoms with van der Waals surface area (Å²) in [6.45, 7) is 1.75. The van der Waals surface area contributed by atoms with Crippen LogP contribution in [0.15, 0.2) is 4.79 Å². The Morgan fingerprint density at radius 1 is 1.29 bits per heavy atom. The molecule has 0 aliphatic heterocycles. The van der Waals surface area contributed by atoms with Crippen molar-refractivity contribution >= 4 is 0 Å². The summed E-state index contributed by atoms with van der Waals surface area (Å²) in [5.41, 5.74) is 2.03. The molecule has 4 nitrogen and oxygen atoms in total. The van der Waals surface area contributed by atoms with Crippen LogP contribution in [0.25, 0.3) is 0 Å². The summed E-state index contributed by atoms with van der Waals surface area (Å²) in [7, 11) is 0. The number of hydrogen-bond donors (Lipinski definition) is 2. The highest BCUT2D eigenvalue weighted by Crippen LogP contribution is 2.27. The van der Waals surface area contributed by atoms with Crippen molar-refractivity contribution in [2.24, 2.45) is 5.92 Å². The Labute approximate surface area is 101 Å². The Balaban J connectivity index is 1.71. The van der Waals surface area contributed by atoms with E-state index in [0.29, 0.717) is 6.54 Å². The van der Waals surface area contributed by atoms with E-state index in [2.05, 4.69) is 15.3 Å². The number of nitrogens with one attached hydrogen (secondary N) is 2. The standard InChI is InChI=1S/C13H19N3O/c17-13-10-3-1-2-4-11(10)15-12(16-13)8-14-7-9-5-6-9/h9,14H,1-8H2,(H,15,16,17). The predicted molar refractivity (Wildman–Crippen MR) is 65.9 cm³/mol. The quantitative estimate of drug-likeness (QED) is 0.820. The van der Waals surface area contributed by atoms with E-state index < -0.39 is 0 Å². The van der Waals surface area contributed by atoms with Crippen LogP contribution in [0.3, 0.4) is 0 Å². The molecule has 4 heteroatoms. The van der Waals surface area contributed by atoms with Crippen LogP contribution in [0.2, 0.25) is 0 Å². The zero-order valence-corrected chi connectivity index (χ0v) is 10.1. The normalized spacial score (nSPS) is 19.1. The van der Waals surface area contributed by atoms with Gasteiger partial charge in [-0.1, -0.05) is 0 Å². The maximum absolute atomic E-state index is 11.9. The van der Waals surface area contributed by atoms with Gasteiger partial charge in [-0.15, -0.1) is 0 Å². The summed E-state index contributed by atoms with van der Waals surface area (Å²) < 4.78 is 0. The van der Waals surface area contributed by atoms with Gasteiger partial charge in [0.05, 0.1) is 12.2 Å². The molecule has 17 heavy (non-hydrogen) atoms.